The van der Waals surface area contributed by atoms with Gasteiger partial charge in [0.2, 0.25) is 5.95 Å². The molecule has 1 saturated heterocycles. The van der Waals surface area contributed by atoms with Gasteiger partial charge < -0.3 is 14.2 Å². The SMILES string of the molecule is CCN1CCN(c2nc(C)c3c(n2)C[C@H](c2ccco2)CC3=O)CC1. The van der Waals surface area contributed by atoms with E-state index in [1.165, 1.54) is 0 Å². The maximum Gasteiger partial charge on any atom is 0.225 e. The summed E-state index contributed by atoms with van der Waals surface area (Å²) in [5.74, 6) is 1.84. The van der Waals surface area contributed by atoms with Crippen LogP contribution >= 0.6 is 0 Å². The number of piperazine rings is 1. The molecule has 2 aromatic rings. The van der Waals surface area contributed by atoms with Gasteiger partial charge in [-0.1, -0.05) is 6.92 Å². The molecule has 0 radical (unpaired) electrons. The van der Waals surface area contributed by atoms with E-state index >= 15 is 0 Å². The summed E-state index contributed by atoms with van der Waals surface area (Å²) in [4.78, 5) is 26.7. The van der Waals surface area contributed by atoms with Gasteiger partial charge >= 0.3 is 0 Å². The number of hydrogen-bond donors (Lipinski definition) is 0. The van der Waals surface area contributed by atoms with Crippen molar-refractivity contribution in [2.24, 2.45) is 0 Å². The van der Waals surface area contributed by atoms with Gasteiger partial charge in [0, 0.05) is 44.9 Å². The number of aromatic nitrogens is 2. The maximum atomic E-state index is 12.6. The van der Waals surface area contributed by atoms with Crippen molar-refractivity contribution in [2.75, 3.05) is 37.6 Å². The highest BCUT2D eigenvalue weighted by molar-refractivity contribution is 5.99. The van der Waals surface area contributed by atoms with E-state index in [0.717, 1.165) is 67.8 Å². The van der Waals surface area contributed by atoms with Gasteiger partial charge in [-0.3, -0.25) is 4.79 Å². The summed E-state index contributed by atoms with van der Waals surface area (Å²) in [6.45, 7) is 9.13. The number of rotatable bonds is 3. The van der Waals surface area contributed by atoms with Crippen LogP contribution in [0.5, 0.6) is 0 Å². The molecule has 0 spiro atoms. The number of fused-ring (bicyclic) bond motifs is 1. The fourth-order valence-corrected chi connectivity index (χ4v) is 3.89. The van der Waals surface area contributed by atoms with Gasteiger partial charge in [-0.05, 0) is 25.6 Å². The summed E-state index contributed by atoms with van der Waals surface area (Å²) in [5, 5.41) is 0. The van der Waals surface area contributed by atoms with E-state index in [-0.39, 0.29) is 11.7 Å². The number of hydrogen-bond acceptors (Lipinski definition) is 6. The molecule has 2 aromatic heterocycles. The van der Waals surface area contributed by atoms with Crippen molar-refractivity contribution < 1.29 is 9.21 Å². The molecular weight excluding hydrogens is 316 g/mol. The molecule has 1 atom stereocenters. The summed E-state index contributed by atoms with van der Waals surface area (Å²) in [7, 11) is 0. The molecule has 4 rings (SSSR count). The van der Waals surface area contributed by atoms with E-state index in [1.54, 1.807) is 6.26 Å². The second kappa shape index (κ2) is 6.59. The topological polar surface area (TPSA) is 62.5 Å². The van der Waals surface area contributed by atoms with E-state index < -0.39 is 0 Å². The molecule has 0 bridgehead atoms. The van der Waals surface area contributed by atoms with Crippen LogP contribution < -0.4 is 4.90 Å². The van der Waals surface area contributed by atoms with Crippen LogP contribution in [-0.2, 0) is 6.42 Å². The average Bonchev–Trinajstić information content (AvgIpc) is 3.16. The monoisotopic (exact) mass is 340 g/mol. The lowest BCUT2D eigenvalue weighted by atomic mass is 9.84. The molecule has 6 heteroatoms. The molecule has 3 heterocycles. The highest BCUT2D eigenvalue weighted by Gasteiger charge is 2.32. The fraction of sp³-hybridized carbons (Fsp3) is 0.526. The number of Topliss-reactive ketones (excluding diaryl/α,β-unsaturated/α-hetero) is 1. The van der Waals surface area contributed by atoms with Gasteiger partial charge in [0.25, 0.3) is 0 Å². The lowest BCUT2D eigenvalue weighted by Gasteiger charge is -2.34. The Kier molecular flexibility index (Phi) is 4.29. The number of nitrogens with zero attached hydrogens (tertiary/aromatic N) is 4. The number of ketones is 1. The zero-order valence-electron chi connectivity index (χ0n) is 14.9. The molecule has 1 aliphatic carbocycles. The molecule has 0 saturated carbocycles. The van der Waals surface area contributed by atoms with E-state index in [1.807, 2.05) is 19.1 Å². The van der Waals surface area contributed by atoms with Crippen LogP contribution in [0.1, 0.15) is 46.8 Å². The van der Waals surface area contributed by atoms with Crippen molar-refractivity contribution in [1.29, 1.82) is 0 Å². The Hall–Kier alpha value is -2.21. The third-order valence-electron chi connectivity index (χ3n) is 5.35. The van der Waals surface area contributed by atoms with Gasteiger partial charge in [-0.15, -0.1) is 0 Å². The van der Waals surface area contributed by atoms with Crippen molar-refractivity contribution in [1.82, 2.24) is 14.9 Å². The lowest BCUT2D eigenvalue weighted by Crippen LogP contribution is -2.47. The second-order valence-electron chi connectivity index (χ2n) is 6.90. The van der Waals surface area contributed by atoms with Crippen LogP contribution in [0.4, 0.5) is 5.95 Å². The average molecular weight is 340 g/mol. The summed E-state index contributed by atoms with van der Waals surface area (Å²) < 4.78 is 5.53. The summed E-state index contributed by atoms with van der Waals surface area (Å²) >= 11 is 0. The first kappa shape index (κ1) is 16.3. The van der Waals surface area contributed by atoms with E-state index in [2.05, 4.69) is 21.7 Å². The molecular formula is C19H24N4O2. The normalized spacial score (nSPS) is 21.4. The minimum Gasteiger partial charge on any atom is -0.469 e. The van der Waals surface area contributed by atoms with Crippen LogP contribution in [0.3, 0.4) is 0 Å². The largest absolute Gasteiger partial charge is 0.469 e. The van der Waals surface area contributed by atoms with E-state index in [4.69, 9.17) is 9.40 Å². The lowest BCUT2D eigenvalue weighted by molar-refractivity contribution is 0.0957. The Morgan fingerprint density at radius 3 is 2.68 bits per heavy atom. The van der Waals surface area contributed by atoms with Gasteiger partial charge in [0.1, 0.15) is 5.76 Å². The van der Waals surface area contributed by atoms with E-state index in [9.17, 15) is 4.79 Å². The second-order valence-corrected chi connectivity index (χ2v) is 6.90. The minimum atomic E-state index is 0.0779. The Labute approximate surface area is 147 Å². The van der Waals surface area contributed by atoms with Gasteiger partial charge in [-0.25, -0.2) is 9.97 Å². The van der Waals surface area contributed by atoms with E-state index in [0.29, 0.717) is 6.42 Å². The Morgan fingerprint density at radius 1 is 1.20 bits per heavy atom. The number of carbonyl (C=O) groups excluding carboxylic acids is 1. The molecule has 0 amide bonds. The highest BCUT2D eigenvalue weighted by Crippen LogP contribution is 2.34. The van der Waals surface area contributed by atoms with Crippen LogP contribution in [0, 0.1) is 6.92 Å². The molecule has 132 valence electrons. The standard InChI is InChI=1S/C19H24N4O2/c1-3-22-6-8-23(9-7-22)19-20-13(2)18-15(21-19)11-14(12-16(18)24)17-5-4-10-25-17/h4-5,10,14H,3,6-9,11-12H2,1-2H3/t14-/m0/s1. The molecule has 1 fully saturated rings. The van der Waals surface area contributed by atoms with Crippen molar-refractivity contribution in [3.63, 3.8) is 0 Å². The first-order valence-corrected chi connectivity index (χ1v) is 9.07. The number of aryl methyl sites for hydroxylation is 1. The molecule has 0 unspecified atom stereocenters. The number of anilines is 1. The number of likely N-dealkylation sites (N-methyl/N-ethyl adjacent to an activating group) is 1. The number of carbonyl (C=O) groups is 1. The van der Waals surface area contributed by atoms with Crippen molar-refractivity contribution in [2.45, 2.75) is 32.6 Å². The quantitative estimate of drug-likeness (QED) is 0.855. The molecule has 0 aromatic carbocycles. The first-order valence-electron chi connectivity index (χ1n) is 9.07. The maximum absolute atomic E-state index is 12.6. The number of furan rings is 1. The summed E-state index contributed by atoms with van der Waals surface area (Å²) in [5.41, 5.74) is 2.40. The molecule has 6 nitrogen and oxygen atoms in total. The predicted octanol–water partition coefficient (Wildman–Crippen LogP) is 2.43. The fourth-order valence-electron chi connectivity index (χ4n) is 3.89. The van der Waals surface area contributed by atoms with Crippen molar-refractivity contribution in [3.8, 4) is 0 Å². The Morgan fingerprint density at radius 2 is 2.00 bits per heavy atom. The molecule has 2 aliphatic rings. The Balaban J connectivity index is 1.62. The minimum absolute atomic E-state index is 0.0779. The smallest absolute Gasteiger partial charge is 0.225 e. The third-order valence-corrected chi connectivity index (χ3v) is 5.35. The molecule has 1 aliphatic heterocycles. The van der Waals surface area contributed by atoms with Gasteiger partial charge in [0.15, 0.2) is 5.78 Å². The van der Waals surface area contributed by atoms with Gasteiger partial charge in [-0.2, -0.15) is 0 Å². The zero-order valence-corrected chi connectivity index (χ0v) is 14.9. The highest BCUT2D eigenvalue weighted by atomic mass is 16.3. The van der Waals surface area contributed by atoms with Crippen LogP contribution in [0.2, 0.25) is 0 Å². The van der Waals surface area contributed by atoms with Crippen molar-refractivity contribution in [3.05, 3.63) is 41.1 Å². The predicted molar refractivity (Wildman–Crippen MR) is 95.2 cm³/mol. The van der Waals surface area contributed by atoms with Crippen molar-refractivity contribution >= 4 is 11.7 Å². The van der Waals surface area contributed by atoms with Crippen LogP contribution in [0.15, 0.2) is 22.8 Å². The summed E-state index contributed by atoms with van der Waals surface area (Å²) in [6.07, 6.45) is 2.87. The van der Waals surface area contributed by atoms with Crippen LogP contribution in [-0.4, -0.2) is 53.4 Å². The first-order chi connectivity index (χ1) is 12.2. The van der Waals surface area contributed by atoms with Gasteiger partial charge in [0.05, 0.1) is 23.2 Å². The van der Waals surface area contributed by atoms with Crippen LogP contribution in [0.25, 0.3) is 0 Å². The Bertz CT molecular complexity index is 764. The zero-order chi connectivity index (χ0) is 17.4. The summed E-state index contributed by atoms with van der Waals surface area (Å²) in [6, 6.07) is 3.82. The third kappa shape index (κ3) is 3.06. The molecule has 25 heavy (non-hydrogen) atoms. The molecule has 0 N–H and O–H groups in total.